The largest absolute Gasteiger partial charge is 0.492 e. The molecule has 10 N–H and O–H groups in total. The number of amidine groups is 5. The molecule has 21 rings (SSSR count). The molecule has 5 fully saturated rings. The Labute approximate surface area is 861 Å². The summed E-state index contributed by atoms with van der Waals surface area (Å²) in [5.74, 6) is 1.51. The zero-order chi connectivity index (χ0) is 105. The van der Waals surface area contributed by atoms with Crippen LogP contribution >= 0.6 is 0 Å². The predicted molar refractivity (Wildman–Crippen MR) is 556 cm³/mol. The van der Waals surface area contributed by atoms with Crippen LogP contribution in [0.15, 0.2) is 241 Å². The predicted octanol–water partition coefficient (Wildman–Crippen LogP) is 8.64. The van der Waals surface area contributed by atoms with Gasteiger partial charge in [0.25, 0.3) is 79.7 Å². The molecule has 10 aliphatic rings. The maximum absolute atomic E-state index is 13.5. The lowest BCUT2D eigenvalue weighted by molar-refractivity contribution is 0.0519. The molecule has 15 heterocycles. The van der Waals surface area contributed by atoms with Crippen LogP contribution in [-0.4, -0.2) is 253 Å². The average molecular weight is 2120 g/mol. The molecular weight excluding hydrogens is 2010 g/mol. The Morgan fingerprint density at radius 1 is 0.302 bits per heavy atom. The van der Waals surface area contributed by atoms with Crippen molar-refractivity contribution in [3.63, 3.8) is 0 Å². The third kappa shape index (κ3) is 26.1. The summed E-state index contributed by atoms with van der Waals surface area (Å²) in [4.78, 5) is 98.1. The van der Waals surface area contributed by atoms with Crippen molar-refractivity contribution in [2.24, 2.45) is 68.4 Å². The molecule has 5 saturated heterocycles. The fraction of sp³-hybridized carbons (Fsp3) is 0.340. The van der Waals surface area contributed by atoms with Gasteiger partial charge in [0.2, 0.25) is 5.82 Å². The first kappa shape index (κ1) is 105. The fourth-order valence-electron chi connectivity index (χ4n) is 19.6. The van der Waals surface area contributed by atoms with Crippen molar-refractivity contribution < 1.29 is 89.7 Å². The lowest BCUT2D eigenvalue weighted by Gasteiger charge is -2.36. The molecule has 5 aromatic heterocycles. The van der Waals surface area contributed by atoms with E-state index in [-0.39, 0.29) is 136 Å². The number of carbonyl (C=O) groups is 5. The fourth-order valence-corrected chi connectivity index (χ4v) is 25.1. The van der Waals surface area contributed by atoms with E-state index in [1.54, 1.807) is 200 Å². The maximum atomic E-state index is 13.5. The van der Waals surface area contributed by atoms with Gasteiger partial charge in [0.1, 0.15) is 82.5 Å². The van der Waals surface area contributed by atoms with Gasteiger partial charge >= 0.3 is 0 Å². The number of para-hydroxylation sites is 1. The van der Waals surface area contributed by atoms with Gasteiger partial charge in [-0.3, -0.25) is 43.9 Å². The van der Waals surface area contributed by atoms with Crippen LogP contribution < -0.4 is 52.4 Å². The zero-order valence-electron chi connectivity index (χ0n) is 81.1. The smallest absolute Gasteiger partial charge is 0.291 e. The highest BCUT2D eigenvalue weighted by Gasteiger charge is 2.38. The van der Waals surface area contributed by atoms with E-state index in [9.17, 15) is 66.1 Å². The lowest BCUT2D eigenvalue weighted by atomic mass is 9.98. The van der Waals surface area contributed by atoms with Crippen molar-refractivity contribution in [3.05, 3.63) is 303 Å². The summed E-state index contributed by atoms with van der Waals surface area (Å²) in [5.41, 5.74) is 37.9. The van der Waals surface area contributed by atoms with E-state index in [1.807, 2.05) is 43.9 Å². The number of likely N-dealkylation sites (tertiary alicyclic amines) is 5. The van der Waals surface area contributed by atoms with Crippen molar-refractivity contribution in [2.75, 3.05) is 85.4 Å². The molecule has 0 bridgehead atoms. The zero-order valence-corrected chi connectivity index (χ0v) is 85.2. The number of aromatic nitrogens is 6. The number of piperidine rings is 5. The minimum atomic E-state index is -3.62. The Balaban J connectivity index is 0.000000127. The van der Waals surface area contributed by atoms with Crippen molar-refractivity contribution >= 4 is 120 Å². The van der Waals surface area contributed by atoms with Crippen LogP contribution in [0.25, 0.3) is 10.9 Å². The van der Waals surface area contributed by atoms with Crippen molar-refractivity contribution in [1.82, 2.24) is 54.4 Å². The second-order valence-electron chi connectivity index (χ2n) is 37.2. The maximum Gasteiger partial charge on any atom is 0.291 e. The Morgan fingerprint density at radius 2 is 0.658 bits per heavy atom. The first-order valence-corrected chi connectivity index (χ1v) is 56.7. The summed E-state index contributed by atoms with van der Waals surface area (Å²) in [6.45, 7) is 6.87. The van der Waals surface area contributed by atoms with Crippen LogP contribution in [0.1, 0.15) is 185 Å². The first-order valence-electron chi connectivity index (χ1n) is 48.6. The van der Waals surface area contributed by atoms with E-state index in [4.69, 9.17) is 52.4 Å². The molecule has 5 amide bonds. The molecular formula is C103H111N21O20S5. The Hall–Kier alpha value is -15.3. The van der Waals surface area contributed by atoms with E-state index in [0.29, 0.717) is 179 Å². The van der Waals surface area contributed by atoms with Crippen LogP contribution in [0.2, 0.25) is 0 Å². The summed E-state index contributed by atoms with van der Waals surface area (Å²) >= 11 is 0. The second-order valence-corrected chi connectivity index (χ2v) is 45.4. The Morgan fingerprint density at radius 3 is 1.04 bits per heavy atom. The van der Waals surface area contributed by atoms with Gasteiger partial charge in [0.05, 0.1) is 105 Å². The second kappa shape index (κ2) is 46.4. The quantitative estimate of drug-likeness (QED) is 0.0476. The van der Waals surface area contributed by atoms with Crippen LogP contribution in [0.4, 0.5) is 0 Å². The number of pyridine rings is 4. The molecule has 0 radical (unpaired) electrons. The molecule has 0 unspecified atom stereocenters. The number of ether oxygens (including phenoxy) is 5. The monoisotopic (exact) mass is 2120 g/mol. The van der Waals surface area contributed by atoms with E-state index in [1.165, 1.54) is 0 Å². The molecule has 778 valence electrons. The normalized spacial score (nSPS) is 20.3. The number of nitrogens with zero attached hydrogens (tertiary/aromatic N) is 16. The van der Waals surface area contributed by atoms with Gasteiger partial charge in [-0.2, -0.15) is 0 Å². The van der Waals surface area contributed by atoms with Crippen LogP contribution in [-0.2, 0) is 78.9 Å². The van der Waals surface area contributed by atoms with Gasteiger partial charge in [-0.05, 0) is 190 Å². The summed E-state index contributed by atoms with van der Waals surface area (Å²) in [6, 6.07) is 51.0. The van der Waals surface area contributed by atoms with Crippen molar-refractivity contribution in [1.29, 1.82) is 0 Å². The standard InChI is InChI=1S/C24H24N4O4S.3C20H22N4O4S.C19H21N5O4S/c25-23-22-16(15-33(30,31)27-23)6-5-10-21(22)32-14-17-7-3-4-13-28(17)24(29)19-11-12-26-20-9-2-1-8-18(19)20;21-19-18-16(13-29(26,27)23-19)5-1-7-17(18)28-12-14-4-3-9-24(11-14)20(25)15-6-2-8-22-10-15;21-19-18-14(13-29(26,27)23-19)6-5-9-17(18)28-12-15-7-2-4-11-24(15)20(25)16-8-1-3-10-22-16;21-19-18-15(13-29(26,27)23-19)6-3-8-17(18)28-12-14-5-4-10-24(11-14)20(25)16-7-1-2-9-22-16;20-17-16-14(12-29(26,27)23-17)5-1-6-15(16)28-11-13-4-2-9-24(10-13)19(25)18-21-7-3-8-22-18/h1-2,5-6,8-12,17H,3-4,7,13-15H2,(H2,25,27);1-2,5-8,10,14H,3-4,9,11-13H2,(H2,21,23);1,3,5-6,8-10,15H,2,4,7,11-13H2,(H2,21,23);1-3,6-9,14H,4-5,10-13H2,(H2,21,23);1,3,5-8,13H,2,4,9-12H2,(H2,20,23)/t17-;14-;15-;14-;13-/m10100/s1. The number of benzene rings is 6. The summed E-state index contributed by atoms with van der Waals surface area (Å²) in [7, 11) is -18.0. The molecule has 0 aliphatic carbocycles. The van der Waals surface area contributed by atoms with Gasteiger partial charge in [0, 0.05) is 119 Å². The number of carbonyl (C=O) groups excluding carboxylic acids is 5. The molecule has 0 spiro atoms. The van der Waals surface area contributed by atoms with Crippen LogP contribution in [0, 0.1) is 17.8 Å². The van der Waals surface area contributed by atoms with Crippen molar-refractivity contribution in [3.8, 4) is 28.7 Å². The SMILES string of the molecule is NC1=NS(=O)(=O)Cc2cccc(OC[C@H]3CCCCN3C(=O)c3ccccn3)c21.NC1=NS(=O)(=O)Cc2cccc(OC[C@H]3CCCCN3C(=O)c3ccnc4ccccc34)c21.NC1=NS(=O)(=O)Cc2cccc(OC[C@H]3CCCN(C(=O)c4ccccn4)C3)c21.NC1=NS(=O)(=O)Cc2cccc(OC[C@H]3CCCN(C(=O)c4cccnc4)C3)c21.NC1=NS(=O)(=O)Cc2cccc(OC[C@H]3CCCN(C(=O)c4ncccn4)C3)c21. The minimum absolute atomic E-state index is 0.0264. The third-order valence-electron chi connectivity index (χ3n) is 26.5. The molecule has 41 nitrogen and oxygen atoms in total. The highest BCUT2D eigenvalue weighted by molar-refractivity contribution is 7.90. The van der Waals surface area contributed by atoms with E-state index in [2.05, 4.69) is 51.9 Å². The average Bonchev–Trinajstić information content (AvgIpc) is 0.794. The van der Waals surface area contributed by atoms with E-state index in [0.717, 1.165) is 88.0 Å². The van der Waals surface area contributed by atoms with Gasteiger partial charge < -0.3 is 76.9 Å². The summed E-state index contributed by atoms with van der Waals surface area (Å²) in [6.07, 6.45) is 22.2. The van der Waals surface area contributed by atoms with Crippen LogP contribution in [0.3, 0.4) is 0 Å². The number of nitrogens with two attached hydrogens (primary N) is 5. The number of rotatable bonds is 20. The van der Waals surface area contributed by atoms with Crippen molar-refractivity contribution in [2.45, 2.75) is 118 Å². The minimum Gasteiger partial charge on any atom is -0.492 e. The summed E-state index contributed by atoms with van der Waals surface area (Å²) in [5, 5.41) is 0.831. The number of amides is 5. The topological polar surface area (TPSA) is 588 Å². The molecule has 46 heteroatoms. The number of fused-ring (bicyclic) bond motifs is 6. The molecule has 6 aromatic carbocycles. The molecule has 0 saturated carbocycles. The van der Waals surface area contributed by atoms with Gasteiger partial charge in [-0.25, -0.2) is 52.1 Å². The lowest BCUT2D eigenvalue weighted by Crippen LogP contribution is -2.47. The number of hydrogen-bond acceptors (Lipinski definition) is 31. The highest BCUT2D eigenvalue weighted by Crippen LogP contribution is 2.38. The van der Waals surface area contributed by atoms with E-state index >= 15 is 0 Å². The highest BCUT2D eigenvalue weighted by atomic mass is 32.2. The van der Waals surface area contributed by atoms with Gasteiger partial charge in [0.15, 0.2) is 0 Å². The molecule has 11 aromatic rings. The molecule has 149 heavy (non-hydrogen) atoms. The van der Waals surface area contributed by atoms with Gasteiger partial charge in [-0.15, -0.1) is 22.0 Å². The third-order valence-corrected chi connectivity index (χ3v) is 32.3. The number of hydrogen-bond donors (Lipinski definition) is 5. The first-order chi connectivity index (χ1) is 71.7. The van der Waals surface area contributed by atoms with Crippen LogP contribution in [0.5, 0.6) is 28.7 Å². The Kier molecular flexibility index (Phi) is 32.7. The molecule has 10 aliphatic heterocycles. The van der Waals surface area contributed by atoms with E-state index < -0.39 is 50.1 Å². The summed E-state index contributed by atoms with van der Waals surface area (Å²) < 4.78 is 167. The molecule has 5 atom stereocenters. The van der Waals surface area contributed by atoms with Gasteiger partial charge in [-0.1, -0.05) is 91.0 Å². The number of sulfonamides is 5. The Bertz CT molecular complexity index is 7250.